The Morgan fingerprint density at radius 2 is 2.10 bits per heavy atom. The quantitative estimate of drug-likeness (QED) is 0.659. The Morgan fingerprint density at radius 1 is 1.38 bits per heavy atom. The van der Waals surface area contributed by atoms with Crippen LogP contribution >= 0.6 is 0 Å². The van der Waals surface area contributed by atoms with E-state index in [2.05, 4.69) is 0 Å². The highest BCUT2D eigenvalue weighted by Crippen LogP contribution is 2.33. The molecule has 1 heterocycles. The first kappa shape index (κ1) is 22.9. The Morgan fingerprint density at radius 3 is 2.69 bits per heavy atom. The van der Waals surface area contributed by atoms with Crippen molar-refractivity contribution in [3.8, 4) is 11.8 Å². The van der Waals surface area contributed by atoms with Crippen LogP contribution in [0.4, 0.5) is 13.6 Å². The van der Waals surface area contributed by atoms with E-state index in [0.717, 1.165) is 10.5 Å². The number of ether oxygens (including phenoxy) is 3. The fourth-order valence-electron chi connectivity index (χ4n) is 2.96. The number of rotatable bonds is 6. The zero-order valence-corrected chi connectivity index (χ0v) is 17.3. The van der Waals surface area contributed by atoms with Crippen LogP contribution in [0.1, 0.15) is 45.2 Å². The summed E-state index contributed by atoms with van der Waals surface area (Å²) in [5.74, 6) is -3.15. The van der Waals surface area contributed by atoms with Gasteiger partial charge in [0, 0.05) is 19.6 Å². The van der Waals surface area contributed by atoms with Gasteiger partial charge in [-0.3, -0.25) is 0 Å². The molecule has 8 heteroatoms. The lowest BCUT2D eigenvalue weighted by Gasteiger charge is -2.38. The van der Waals surface area contributed by atoms with Crippen LogP contribution in [0, 0.1) is 11.3 Å². The van der Waals surface area contributed by atoms with Gasteiger partial charge in [0.25, 0.3) is 0 Å². The molecule has 6 nitrogen and oxygen atoms in total. The molecule has 0 saturated carbocycles. The van der Waals surface area contributed by atoms with Gasteiger partial charge < -0.3 is 19.1 Å². The molecule has 1 aliphatic rings. The third-order valence-corrected chi connectivity index (χ3v) is 4.36. The minimum atomic E-state index is -3.27. The van der Waals surface area contributed by atoms with Crippen LogP contribution in [0.25, 0.3) is 0 Å². The molecule has 1 saturated heterocycles. The number of nitriles is 1. The summed E-state index contributed by atoms with van der Waals surface area (Å²) in [7, 11) is 0. The van der Waals surface area contributed by atoms with Crippen molar-refractivity contribution in [1.82, 2.24) is 4.90 Å². The molecule has 0 aromatic heterocycles. The molecule has 0 aliphatic carbocycles. The first-order valence-corrected chi connectivity index (χ1v) is 9.69. The van der Waals surface area contributed by atoms with Crippen LogP contribution in [-0.2, 0) is 15.9 Å². The van der Waals surface area contributed by atoms with Gasteiger partial charge >= 0.3 is 12.0 Å². The van der Waals surface area contributed by atoms with Crippen molar-refractivity contribution >= 4 is 6.09 Å². The van der Waals surface area contributed by atoms with Crippen molar-refractivity contribution in [3.63, 3.8) is 0 Å². The lowest BCUT2D eigenvalue weighted by Crippen LogP contribution is -2.56. The molecule has 160 valence electrons. The van der Waals surface area contributed by atoms with Gasteiger partial charge in [0.1, 0.15) is 17.4 Å². The summed E-state index contributed by atoms with van der Waals surface area (Å²) in [6.07, 6.45) is -1.65. The number of carbonyl (C=O) groups is 1. The molecule has 2 rings (SSSR count). The van der Waals surface area contributed by atoms with Crippen molar-refractivity contribution < 1.29 is 27.8 Å². The standard InChI is InChI=1S/C21H28F2N2O4/c1-5-27-11-9-15-6-7-17(16(12-15)13-24)28-18-8-10-25(14-21(18,22)23)19(26)29-20(2,3)4/h6-7,12,18H,5,8-11,14H2,1-4H3. The van der Waals surface area contributed by atoms with Gasteiger partial charge in [-0.05, 0) is 51.8 Å². The van der Waals surface area contributed by atoms with E-state index in [9.17, 15) is 18.8 Å². The minimum absolute atomic E-state index is 0.0663. The first-order valence-electron chi connectivity index (χ1n) is 9.69. The fraction of sp³-hybridized carbons (Fsp3) is 0.619. The molecule has 0 N–H and O–H groups in total. The highest BCUT2D eigenvalue weighted by atomic mass is 19.3. The van der Waals surface area contributed by atoms with Crippen molar-refractivity contribution in [2.24, 2.45) is 0 Å². The zero-order valence-electron chi connectivity index (χ0n) is 17.3. The average molecular weight is 410 g/mol. The highest BCUT2D eigenvalue weighted by molar-refractivity contribution is 5.68. The van der Waals surface area contributed by atoms with Gasteiger partial charge in [0.15, 0.2) is 6.10 Å². The SMILES string of the molecule is CCOCCc1ccc(OC2CCN(C(=O)OC(C)(C)C)CC2(F)F)c(C#N)c1. The van der Waals surface area contributed by atoms with Gasteiger partial charge in [-0.15, -0.1) is 0 Å². The highest BCUT2D eigenvalue weighted by Gasteiger charge is 2.48. The summed E-state index contributed by atoms with van der Waals surface area (Å²) in [5, 5.41) is 9.38. The summed E-state index contributed by atoms with van der Waals surface area (Å²) >= 11 is 0. The molecule has 0 bridgehead atoms. The van der Waals surface area contributed by atoms with Gasteiger partial charge in [0.05, 0.1) is 18.7 Å². The van der Waals surface area contributed by atoms with E-state index in [1.54, 1.807) is 32.9 Å². The van der Waals surface area contributed by atoms with Gasteiger partial charge in [-0.1, -0.05) is 6.07 Å². The molecule has 0 spiro atoms. The van der Waals surface area contributed by atoms with Gasteiger partial charge in [-0.2, -0.15) is 5.26 Å². The third kappa shape index (κ3) is 6.57. The number of alkyl halides is 2. The molecular weight excluding hydrogens is 382 g/mol. The predicted octanol–water partition coefficient (Wildman–Crippen LogP) is 4.16. The van der Waals surface area contributed by atoms with E-state index in [-0.39, 0.29) is 24.3 Å². The minimum Gasteiger partial charge on any atom is -0.483 e. The number of carbonyl (C=O) groups excluding carboxylic acids is 1. The van der Waals surface area contributed by atoms with Crippen LogP contribution < -0.4 is 4.74 Å². The third-order valence-electron chi connectivity index (χ3n) is 4.36. The van der Waals surface area contributed by atoms with Crippen molar-refractivity contribution in [1.29, 1.82) is 5.26 Å². The Hall–Kier alpha value is -2.40. The van der Waals surface area contributed by atoms with Crippen molar-refractivity contribution in [2.45, 2.75) is 58.2 Å². The molecule has 1 atom stereocenters. The number of piperidine rings is 1. The topological polar surface area (TPSA) is 71.8 Å². The summed E-state index contributed by atoms with van der Waals surface area (Å²) in [6.45, 7) is 7.35. The van der Waals surface area contributed by atoms with Crippen molar-refractivity contribution in [3.05, 3.63) is 29.3 Å². The number of nitrogens with zero attached hydrogens (tertiary/aromatic N) is 2. The summed E-state index contributed by atoms with van der Waals surface area (Å²) in [4.78, 5) is 13.1. The smallest absolute Gasteiger partial charge is 0.410 e. The molecule has 29 heavy (non-hydrogen) atoms. The predicted molar refractivity (Wildman–Crippen MR) is 103 cm³/mol. The number of hydrogen-bond acceptors (Lipinski definition) is 5. The second-order valence-electron chi connectivity index (χ2n) is 7.95. The Balaban J connectivity index is 2.05. The summed E-state index contributed by atoms with van der Waals surface area (Å²) in [5.41, 5.74) is 0.309. The molecule has 1 aromatic rings. The van der Waals surface area contributed by atoms with E-state index in [1.807, 2.05) is 13.0 Å². The Kier molecular flexibility index (Phi) is 7.42. The lowest BCUT2D eigenvalue weighted by molar-refractivity contribution is -0.137. The van der Waals surface area contributed by atoms with Crippen molar-refractivity contribution in [2.75, 3.05) is 26.3 Å². The monoisotopic (exact) mass is 410 g/mol. The number of halogens is 2. The Labute approximate surface area is 170 Å². The molecule has 1 amide bonds. The molecule has 1 unspecified atom stereocenters. The molecule has 1 aliphatic heterocycles. The maximum Gasteiger partial charge on any atom is 0.410 e. The van der Waals surface area contributed by atoms with Crippen LogP contribution in [-0.4, -0.2) is 54.9 Å². The van der Waals surface area contributed by atoms with E-state index >= 15 is 0 Å². The van der Waals surface area contributed by atoms with E-state index in [1.165, 1.54) is 6.07 Å². The number of likely N-dealkylation sites (tertiary alicyclic amines) is 1. The van der Waals surface area contributed by atoms with E-state index in [4.69, 9.17) is 14.2 Å². The lowest BCUT2D eigenvalue weighted by atomic mass is 10.0. The number of hydrogen-bond donors (Lipinski definition) is 0. The molecule has 1 aromatic carbocycles. The van der Waals surface area contributed by atoms with E-state index < -0.39 is 30.3 Å². The van der Waals surface area contributed by atoms with Crippen LogP contribution in [0.15, 0.2) is 18.2 Å². The molecule has 1 fully saturated rings. The molecular formula is C21H28F2N2O4. The van der Waals surface area contributed by atoms with Crippen LogP contribution in [0.2, 0.25) is 0 Å². The van der Waals surface area contributed by atoms with E-state index in [0.29, 0.717) is 19.6 Å². The van der Waals surface area contributed by atoms with Gasteiger partial charge in [0.2, 0.25) is 0 Å². The second kappa shape index (κ2) is 9.40. The maximum absolute atomic E-state index is 14.6. The summed E-state index contributed by atoms with van der Waals surface area (Å²) in [6, 6.07) is 6.91. The van der Waals surface area contributed by atoms with Crippen LogP contribution in [0.5, 0.6) is 5.75 Å². The molecule has 0 radical (unpaired) electrons. The van der Waals surface area contributed by atoms with Crippen LogP contribution in [0.3, 0.4) is 0 Å². The first-order chi connectivity index (χ1) is 13.6. The summed E-state index contributed by atoms with van der Waals surface area (Å²) < 4.78 is 45.3. The number of benzene rings is 1. The Bertz CT molecular complexity index is 756. The second-order valence-corrected chi connectivity index (χ2v) is 7.95. The normalized spacial score (nSPS) is 18.8. The maximum atomic E-state index is 14.6. The fourth-order valence-corrected chi connectivity index (χ4v) is 2.96. The average Bonchev–Trinajstić information content (AvgIpc) is 2.62. The van der Waals surface area contributed by atoms with Gasteiger partial charge in [-0.25, -0.2) is 13.6 Å². The zero-order chi connectivity index (χ0) is 21.7. The number of amides is 1. The largest absolute Gasteiger partial charge is 0.483 e.